The van der Waals surface area contributed by atoms with Crippen LogP contribution in [0.15, 0.2) is 24.3 Å². The number of rotatable bonds is 7. The van der Waals surface area contributed by atoms with Gasteiger partial charge >= 0.3 is 0 Å². The predicted octanol–water partition coefficient (Wildman–Crippen LogP) is 1.51. The van der Waals surface area contributed by atoms with Crippen LogP contribution in [0.3, 0.4) is 0 Å². The second-order valence-electron chi connectivity index (χ2n) is 4.52. The van der Waals surface area contributed by atoms with Gasteiger partial charge in [0, 0.05) is 13.2 Å². The number of aliphatic hydroxyl groups excluding tert-OH is 1. The molecule has 1 unspecified atom stereocenters. The molecule has 18 heavy (non-hydrogen) atoms. The Morgan fingerprint density at radius 3 is 2.67 bits per heavy atom. The lowest BCUT2D eigenvalue weighted by atomic mass is 10.1. The van der Waals surface area contributed by atoms with Crippen molar-refractivity contribution in [3.05, 3.63) is 29.8 Å². The second kappa shape index (κ2) is 7.71. The van der Waals surface area contributed by atoms with E-state index in [1.807, 2.05) is 38.1 Å². The van der Waals surface area contributed by atoms with Gasteiger partial charge in [-0.15, -0.1) is 0 Å². The maximum absolute atomic E-state index is 11.5. The lowest BCUT2D eigenvalue weighted by molar-refractivity contribution is -0.123. The van der Waals surface area contributed by atoms with Gasteiger partial charge in [0.1, 0.15) is 5.75 Å². The molecule has 4 nitrogen and oxygen atoms in total. The number of aliphatic hydroxyl groups is 1. The maximum Gasteiger partial charge on any atom is 0.257 e. The topological polar surface area (TPSA) is 58.6 Å². The van der Waals surface area contributed by atoms with Crippen LogP contribution in [0.25, 0.3) is 0 Å². The predicted molar refractivity (Wildman–Crippen MR) is 70.6 cm³/mol. The molecule has 1 atom stereocenters. The third kappa shape index (κ3) is 5.68. The summed E-state index contributed by atoms with van der Waals surface area (Å²) in [6.07, 6.45) is 0.694. The lowest BCUT2D eigenvalue weighted by Gasteiger charge is -2.11. The molecule has 0 aliphatic heterocycles. The van der Waals surface area contributed by atoms with E-state index in [0.717, 1.165) is 5.56 Å². The molecule has 0 fully saturated rings. The average Bonchev–Trinajstić information content (AvgIpc) is 2.36. The van der Waals surface area contributed by atoms with Crippen LogP contribution in [0.4, 0.5) is 0 Å². The van der Waals surface area contributed by atoms with Crippen LogP contribution in [0.5, 0.6) is 5.75 Å². The Morgan fingerprint density at radius 2 is 2.06 bits per heavy atom. The average molecular weight is 251 g/mol. The van der Waals surface area contributed by atoms with Gasteiger partial charge in [0.25, 0.3) is 5.91 Å². The van der Waals surface area contributed by atoms with Crippen LogP contribution in [-0.2, 0) is 4.79 Å². The molecule has 1 aromatic rings. The first-order valence-electron chi connectivity index (χ1n) is 6.19. The van der Waals surface area contributed by atoms with Gasteiger partial charge in [0.05, 0.1) is 0 Å². The summed E-state index contributed by atoms with van der Waals surface area (Å²) in [7, 11) is 0. The van der Waals surface area contributed by atoms with Crippen LogP contribution >= 0.6 is 0 Å². The first-order valence-corrected chi connectivity index (χ1v) is 6.19. The highest BCUT2D eigenvalue weighted by atomic mass is 16.5. The number of carbonyl (C=O) groups is 1. The Morgan fingerprint density at radius 1 is 1.39 bits per heavy atom. The summed E-state index contributed by atoms with van der Waals surface area (Å²) in [5.41, 5.74) is 1.16. The van der Waals surface area contributed by atoms with Crippen LogP contribution < -0.4 is 10.1 Å². The van der Waals surface area contributed by atoms with E-state index in [4.69, 9.17) is 9.84 Å². The highest BCUT2D eigenvalue weighted by Crippen LogP contribution is 2.10. The van der Waals surface area contributed by atoms with Crippen LogP contribution in [0.1, 0.15) is 18.9 Å². The smallest absolute Gasteiger partial charge is 0.257 e. The minimum atomic E-state index is -0.139. The zero-order valence-corrected chi connectivity index (χ0v) is 11.0. The first-order chi connectivity index (χ1) is 8.61. The van der Waals surface area contributed by atoms with E-state index < -0.39 is 0 Å². The Balaban J connectivity index is 2.22. The molecule has 0 heterocycles. The third-order valence-electron chi connectivity index (χ3n) is 2.66. The van der Waals surface area contributed by atoms with Crippen molar-refractivity contribution in [3.8, 4) is 5.75 Å². The molecule has 100 valence electrons. The number of aryl methyl sites for hydroxylation is 1. The van der Waals surface area contributed by atoms with E-state index in [1.54, 1.807) is 0 Å². The number of ether oxygens (including phenoxy) is 1. The van der Waals surface area contributed by atoms with Gasteiger partial charge in [-0.1, -0.05) is 24.6 Å². The van der Waals surface area contributed by atoms with Crippen molar-refractivity contribution in [1.29, 1.82) is 0 Å². The first kappa shape index (κ1) is 14.5. The molecular weight excluding hydrogens is 230 g/mol. The minimum absolute atomic E-state index is 0.0227. The molecule has 0 aliphatic carbocycles. The van der Waals surface area contributed by atoms with Gasteiger partial charge in [-0.25, -0.2) is 0 Å². The molecule has 4 heteroatoms. The highest BCUT2D eigenvalue weighted by Gasteiger charge is 2.05. The minimum Gasteiger partial charge on any atom is -0.484 e. The van der Waals surface area contributed by atoms with E-state index in [2.05, 4.69) is 5.32 Å². The van der Waals surface area contributed by atoms with E-state index >= 15 is 0 Å². The molecule has 1 amide bonds. The van der Waals surface area contributed by atoms with Gasteiger partial charge < -0.3 is 15.2 Å². The van der Waals surface area contributed by atoms with E-state index in [9.17, 15) is 4.79 Å². The Kier molecular flexibility index (Phi) is 6.22. The summed E-state index contributed by atoms with van der Waals surface area (Å²) in [5.74, 6) is 0.831. The van der Waals surface area contributed by atoms with Crippen molar-refractivity contribution in [2.24, 2.45) is 5.92 Å². The number of nitrogens with one attached hydrogen (secondary N) is 1. The highest BCUT2D eigenvalue weighted by molar-refractivity contribution is 5.77. The van der Waals surface area contributed by atoms with Crippen molar-refractivity contribution >= 4 is 5.91 Å². The van der Waals surface area contributed by atoms with Crippen molar-refractivity contribution in [3.63, 3.8) is 0 Å². The zero-order chi connectivity index (χ0) is 13.4. The second-order valence-corrected chi connectivity index (χ2v) is 4.52. The van der Waals surface area contributed by atoms with Gasteiger partial charge in [-0.05, 0) is 31.4 Å². The fourth-order valence-corrected chi connectivity index (χ4v) is 1.44. The third-order valence-corrected chi connectivity index (χ3v) is 2.66. The van der Waals surface area contributed by atoms with Crippen molar-refractivity contribution in [2.45, 2.75) is 20.3 Å². The van der Waals surface area contributed by atoms with Crippen LogP contribution in [0.2, 0.25) is 0 Å². The Bertz CT molecular complexity index is 362. The Hall–Kier alpha value is -1.55. The van der Waals surface area contributed by atoms with Crippen molar-refractivity contribution < 1.29 is 14.6 Å². The van der Waals surface area contributed by atoms with E-state index in [-0.39, 0.29) is 25.0 Å². The molecular formula is C14H21NO3. The van der Waals surface area contributed by atoms with Crippen LogP contribution in [-0.4, -0.2) is 30.8 Å². The van der Waals surface area contributed by atoms with Crippen LogP contribution in [0, 0.1) is 12.8 Å². The number of hydrogen-bond acceptors (Lipinski definition) is 3. The fourth-order valence-electron chi connectivity index (χ4n) is 1.44. The number of carbonyl (C=O) groups excluding carboxylic acids is 1. The number of benzene rings is 1. The van der Waals surface area contributed by atoms with Gasteiger partial charge in [0.2, 0.25) is 0 Å². The van der Waals surface area contributed by atoms with E-state index in [1.165, 1.54) is 0 Å². The standard InChI is InChI=1S/C14H21NO3/c1-11-3-5-13(6-4-11)18-10-14(17)15-9-12(2)7-8-16/h3-6,12,16H,7-10H2,1-2H3,(H,15,17). The molecule has 1 aromatic carbocycles. The summed E-state index contributed by atoms with van der Waals surface area (Å²) >= 11 is 0. The molecule has 2 N–H and O–H groups in total. The monoisotopic (exact) mass is 251 g/mol. The summed E-state index contributed by atoms with van der Waals surface area (Å²) < 4.78 is 5.35. The summed E-state index contributed by atoms with van der Waals surface area (Å²) in [5, 5.41) is 11.5. The SMILES string of the molecule is Cc1ccc(OCC(=O)NCC(C)CCO)cc1. The van der Waals surface area contributed by atoms with Gasteiger partial charge in [-0.2, -0.15) is 0 Å². The molecule has 0 saturated heterocycles. The summed E-state index contributed by atoms with van der Waals surface area (Å²) in [4.78, 5) is 11.5. The maximum atomic E-state index is 11.5. The molecule has 0 radical (unpaired) electrons. The molecule has 0 spiro atoms. The quantitative estimate of drug-likeness (QED) is 0.772. The zero-order valence-electron chi connectivity index (χ0n) is 11.0. The largest absolute Gasteiger partial charge is 0.484 e. The molecule has 1 rings (SSSR count). The lowest BCUT2D eigenvalue weighted by Crippen LogP contribution is -2.32. The molecule has 0 bridgehead atoms. The van der Waals surface area contributed by atoms with Gasteiger partial charge in [-0.3, -0.25) is 4.79 Å². The van der Waals surface area contributed by atoms with Crippen molar-refractivity contribution in [1.82, 2.24) is 5.32 Å². The molecule has 0 aliphatic rings. The number of hydrogen-bond donors (Lipinski definition) is 2. The van der Waals surface area contributed by atoms with E-state index in [0.29, 0.717) is 18.7 Å². The molecule has 0 saturated carbocycles. The number of amides is 1. The Labute approximate surface area is 108 Å². The van der Waals surface area contributed by atoms with Crippen molar-refractivity contribution in [2.75, 3.05) is 19.8 Å². The summed E-state index contributed by atoms with van der Waals surface area (Å²) in [6.45, 7) is 4.72. The normalized spacial score (nSPS) is 11.9. The van der Waals surface area contributed by atoms with Gasteiger partial charge in [0.15, 0.2) is 6.61 Å². The fraction of sp³-hybridized carbons (Fsp3) is 0.500. The molecule has 0 aromatic heterocycles. The summed E-state index contributed by atoms with van der Waals surface area (Å²) in [6, 6.07) is 7.57.